The molecule has 0 saturated heterocycles. The van der Waals surface area contributed by atoms with Crippen LogP contribution in [0.5, 0.6) is 0 Å². The molecule has 50 heavy (non-hydrogen) atoms. The fourth-order valence-electron chi connectivity index (χ4n) is 7.72. The molecule has 1 saturated carbocycles. The minimum absolute atomic E-state index is 0. The van der Waals surface area contributed by atoms with Gasteiger partial charge in [-0.1, -0.05) is 43.3 Å². The molecular weight excluding hydrogens is 787 g/mol. The third-order valence-electron chi connectivity index (χ3n) is 10.3. The Labute approximate surface area is 312 Å². The average molecular weight is 831 g/mol. The Kier molecular flexibility index (Phi) is 12.5. The van der Waals surface area contributed by atoms with Crippen molar-refractivity contribution in [1.29, 1.82) is 0 Å². The molecule has 0 spiro atoms. The van der Waals surface area contributed by atoms with Crippen LogP contribution in [0.2, 0.25) is 0 Å². The van der Waals surface area contributed by atoms with E-state index in [9.17, 15) is 0 Å². The molecule has 0 radical (unpaired) electrons. The Balaban J connectivity index is 0.00000432. The summed E-state index contributed by atoms with van der Waals surface area (Å²) in [6.45, 7) is 2.39. The standard InChI is InChI=1S/C46H44N3.Ir/c1-34(43-23-26-46(49-33-43)42-15-9-4-10-16-42)27-39-29-37(19-17-35-21-24-44(47-31-35)40-11-5-2-6-12-40)28-38(30-39)20-18-36-22-25-45(48-32-36)41-13-7-3-8-14-41;/h2-11,13,15,21-26,31-34,37-39H,17-20,27-30H2,1H3;/q-3;+3. The molecule has 3 heterocycles. The first-order valence-corrected chi connectivity index (χ1v) is 17.9. The summed E-state index contributed by atoms with van der Waals surface area (Å²) in [5.41, 5.74) is 10.1. The zero-order valence-electron chi connectivity index (χ0n) is 28.8. The van der Waals surface area contributed by atoms with Crippen molar-refractivity contribution in [2.24, 2.45) is 17.8 Å². The molecule has 0 bridgehead atoms. The molecule has 7 rings (SSSR count). The number of aryl methyl sites for hydroxylation is 2. The van der Waals surface area contributed by atoms with Crippen LogP contribution in [0, 0.1) is 36.0 Å². The maximum atomic E-state index is 4.82. The van der Waals surface area contributed by atoms with Gasteiger partial charge >= 0.3 is 20.1 Å². The second-order valence-corrected chi connectivity index (χ2v) is 13.9. The SMILES string of the molecule is CC(CC1CC(CCc2ccc(-c3[c-]cccc3)nc2)CC(CCc2ccc(-c3[c-]cccc3)nc2)C1)c1ccc(-c2[c-]cccc2)nc1.[Ir+3]. The maximum absolute atomic E-state index is 4.82. The summed E-state index contributed by atoms with van der Waals surface area (Å²) in [5, 5.41) is 0. The molecule has 6 aromatic rings. The van der Waals surface area contributed by atoms with E-state index in [1.807, 2.05) is 54.6 Å². The fourth-order valence-corrected chi connectivity index (χ4v) is 7.72. The number of benzene rings is 3. The molecule has 3 nitrogen and oxygen atoms in total. The molecular formula is C46H44IrN3. The number of pyridine rings is 3. The normalized spacial score (nSPS) is 17.8. The van der Waals surface area contributed by atoms with Crippen molar-refractivity contribution in [2.75, 3.05) is 0 Å². The molecule has 3 aromatic heterocycles. The summed E-state index contributed by atoms with van der Waals surface area (Å²) in [5.74, 6) is 2.63. The zero-order valence-corrected chi connectivity index (χ0v) is 31.2. The number of hydrogen-bond acceptors (Lipinski definition) is 3. The van der Waals surface area contributed by atoms with Gasteiger partial charge in [0.1, 0.15) is 0 Å². The molecule has 0 aliphatic heterocycles. The first kappa shape index (κ1) is 35.6. The molecule has 0 amide bonds. The first-order chi connectivity index (χ1) is 24.2. The van der Waals surface area contributed by atoms with Crippen LogP contribution in [0.1, 0.15) is 68.1 Å². The van der Waals surface area contributed by atoms with Crippen LogP contribution in [-0.2, 0) is 32.9 Å². The molecule has 4 heteroatoms. The van der Waals surface area contributed by atoms with Gasteiger partial charge in [0.2, 0.25) is 0 Å². The molecule has 3 unspecified atom stereocenters. The monoisotopic (exact) mass is 831 g/mol. The Morgan fingerprint density at radius 2 is 0.980 bits per heavy atom. The summed E-state index contributed by atoms with van der Waals surface area (Å²) in [6.07, 6.45) is 16.0. The number of rotatable bonds is 12. The average Bonchev–Trinajstić information content (AvgIpc) is 3.18. The maximum Gasteiger partial charge on any atom is 3.00 e. The topological polar surface area (TPSA) is 38.7 Å². The van der Waals surface area contributed by atoms with Gasteiger partial charge in [-0.15, -0.1) is 108 Å². The van der Waals surface area contributed by atoms with Gasteiger partial charge in [0.15, 0.2) is 0 Å². The van der Waals surface area contributed by atoms with Crippen LogP contribution < -0.4 is 0 Å². The van der Waals surface area contributed by atoms with Gasteiger partial charge in [0.25, 0.3) is 0 Å². The molecule has 1 aliphatic carbocycles. The minimum Gasteiger partial charge on any atom is -0.304 e. The van der Waals surface area contributed by atoms with E-state index in [1.165, 1.54) is 55.2 Å². The Morgan fingerprint density at radius 3 is 1.36 bits per heavy atom. The smallest absolute Gasteiger partial charge is 0.304 e. The van der Waals surface area contributed by atoms with Gasteiger partial charge in [-0.25, -0.2) is 0 Å². The van der Waals surface area contributed by atoms with Gasteiger partial charge in [-0.2, -0.15) is 0 Å². The van der Waals surface area contributed by atoms with Gasteiger partial charge in [0, 0.05) is 18.6 Å². The van der Waals surface area contributed by atoms with E-state index in [2.05, 4.69) is 98.3 Å². The minimum atomic E-state index is 0. The molecule has 0 N–H and O–H groups in total. The number of aromatic nitrogens is 3. The van der Waals surface area contributed by atoms with Crippen LogP contribution >= 0.6 is 0 Å². The van der Waals surface area contributed by atoms with Gasteiger partial charge in [-0.3, -0.25) is 0 Å². The molecule has 3 aromatic carbocycles. The second kappa shape index (κ2) is 17.6. The Bertz CT molecular complexity index is 1760. The van der Waals surface area contributed by atoms with E-state index >= 15 is 0 Å². The van der Waals surface area contributed by atoms with Crippen molar-refractivity contribution in [1.82, 2.24) is 15.0 Å². The van der Waals surface area contributed by atoms with Crippen molar-refractivity contribution in [3.8, 4) is 33.8 Å². The molecule has 1 aliphatic rings. The summed E-state index contributed by atoms with van der Waals surface area (Å²) in [7, 11) is 0. The van der Waals surface area contributed by atoms with Crippen LogP contribution in [0.3, 0.4) is 0 Å². The molecule has 1 fully saturated rings. The van der Waals surface area contributed by atoms with Gasteiger partial charge in [0.05, 0.1) is 0 Å². The van der Waals surface area contributed by atoms with E-state index in [0.717, 1.165) is 58.4 Å². The van der Waals surface area contributed by atoms with E-state index in [4.69, 9.17) is 15.0 Å². The number of nitrogens with zero attached hydrogens (tertiary/aromatic N) is 3. The predicted molar refractivity (Wildman–Crippen MR) is 200 cm³/mol. The number of hydrogen-bond donors (Lipinski definition) is 0. The second-order valence-electron chi connectivity index (χ2n) is 13.9. The van der Waals surface area contributed by atoms with Crippen LogP contribution in [0.15, 0.2) is 128 Å². The van der Waals surface area contributed by atoms with Gasteiger partial charge in [-0.05, 0) is 109 Å². The van der Waals surface area contributed by atoms with Crippen molar-refractivity contribution in [2.45, 2.75) is 64.2 Å². The third-order valence-corrected chi connectivity index (χ3v) is 10.3. The quantitative estimate of drug-likeness (QED) is 0.115. The molecule has 252 valence electrons. The summed E-state index contributed by atoms with van der Waals surface area (Å²) < 4.78 is 0. The van der Waals surface area contributed by atoms with Crippen LogP contribution in [0.4, 0.5) is 0 Å². The van der Waals surface area contributed by atoms with E-state index < -0.39 is 0 Å². The Hall–Kier alpha value is -4.24. The first-order valence-electron chi connectivity index (χ1n) is 17.9. The molecule has 3 atom stereocenters. The van der Waals surface area contributed by atoms with Gasteiger partial charge < -0.3 is 15.0 Å². The van der Waals surface area contributed by atoms with Crippen LogP contribution in [-0.4, -0.2) is 15.0 Å². The summed E-state index contributed by atoms with van der Waals surface area (Å²) >= 11 is 0. The van der Waals surface area contributed by atoms with Crippen molar-refractivity contribution >= 4 is 0 Å². The third kappa shape index (κ3) is 9.50. The fraction of sp³-hybridized carbons (Fsp3) is 0.283. The van der Waals surface area contributed by atoms with Crippen LogP contribution in [0.25, 0.3) is 33.8 Å². The largest absolute Gasteiger partial charge is 3.00 e. The predicted octanol–water partition coefficient (Wildman–Crippen LogP) is 11.1. The van der Waals surface area contributed by atoms with Crippen molar-refractivity contribution in [3.05, 3.63) is 163 Å². The zero-order chi connectivity index (χ0) is 33.3. The van der Waals surface area contributed by atoms with E-state index in [-0.39, 0.29) is 20.1 Å². The Morgan fingerprint density at radius 1 is 0.540 bits per heavy atom. The van der Waals surface area contributed by atoms with E-state index in [1.54, 1.807) is 0 Å². The summed E-state index contributed by atoms with van der Waals surface area (Å²) in [4.78, 5) is 14.4. The van der Waals surface area contributed by atoms with E-state index in [0.29, 0.717) is 11.8 Å². The van der Waals surface area contributed by atoms with Crippen molar-refractivity contribution < 1.29 is 20.1 Å². The summed E-state index contributed by atoms with van der Waals surface area (Å²) in [6, 6.07) is 47.4. The van der Waals surface area contributed by atoms with Crippen molar-refractivity contribution in [3.63, 3.8) is 0 Å².